The van der Waals surface area contributed by atoms with E-state index in [1.165, 1.54) is 16.2 Å². The highest BCUT2D eigenvalue weighted by Crippen LogP contribution is 2.44. The van der Waals surface area contributed by atoms with Crippen molar-refractivity contribution in [1.82, 2.24) is 15.0 Å². The molecule has 1 amide bonds. The Morgan fingerprint density at radius 2 is 1.61 bits per heavy atom. The zero-order valence-corrected chi connectivity index (χ0v) is 30.0. The summed E-state index contributed by atoms with van der Waals surface area (Å²) in [6.07, 6.45) is 1.66. The summed E-state index contributed by atoms with van der Waals surface area (Å²) in [7, 11) is -0.634. The van der Waals surface area contributed by atoms with Gasteiger partial charge in [0, 0.05) is 28.9 Å². The lowest BCUT2D eigenvalue weighted by Gasteiger charge is -2.45. The maximum Gasteiger partial charge on any atom is 0.416 e. The van der Waals surface area contributed by atoms with Crippen molar-refractivity contribution in [3.63, 3.8) is 0 Å². The van der Waals surface area contributed by atoms with Gasteiger partial charge in [0.15, 0.2) is 0 Å². The number of halogens is 1. The van der Waals surface area contributed by atoms with E-state index in [4.69, 9.17) is 9.47 Å². The fourth-order valence-corrected chi connectivity index (χ4v) is 14.5. The molecule has 46 heavy (non-hydrogen) atoms. The van der Waals surface area contributed by atoms with E-state index in [1.54, 1.807) is 52.3 Å². The minimum absolute atomic E-state index is 0.0107. The summed E-state index contributed by atoms with van der Waals surface area (Å²) >= 11 is 0. The number of methoxy groups -OCH3 is 1. The van der Waals surface area contributed by atoms with Gasteiger partial charge in [-0.05, 0) is 84.9 Å². The van der Waals surface area contributed by atoms with Crippen molar-refractivity contribution in [1.29, 1.82) is 0 Å². The normalized spacial score (nSPS) is 13.1. The highest BCUT2D eigenvalue weighted by Gasteiger charge is 2.47. The Hall–Kier alpha value is -3.76. The van der Waals surface area contributed by atoms with Crippen LogP contribution in [-0.4, -0.2) is 46.9 Å². The smallest absolute Gasteiger partial charge is 0.416 e. The van der Waals surface area contributed by atoms with Crippen molar-refractivity contribution in [2.45, 2.75) is 104 Å². The molecular formula is C36H49FN4O4Si. The maximum atomic E-state index is 16.0. The van der Waals surface area contributed by atoms with E-state index < -0.39 is 31.8 Å². The van der Waals surface area contributed by atoms with Gasteiger partial charge in [-0.3, -0.25) is 4.90 Å². The monoisotopic (exact) mass is 648 g/mol. The van der Waals surface area contributed by atoms with Crippen LogP contribution in [0.25, 0.3) is 11.0 Å². The fourth-order valence-electron chi connectivity index (χ4n) is 7.28. The first-order chi connectivity index (χ1) is 21.5. The van der Waals surface area contributed by atoms with Crippen molar-refractivity contribution in [2.75, 3.05) is 12.0 Å². The summed E-state index contributed by atoms with van der Waals surface area (Å²) in [5, 5.41) is 13.9. The van der Waals surface area contributed by atoms with E-state index in [9.17, 15) is 9.90 Å². The number of pyridine rings is 2. The summed E-state index contributed by atoms with van der Waals surface area (Å²) in [5.41, 5.74) is 3.59. The van der Waals surface area contributed by atoms with Gasteiger partial charge in [0.25, 0.3) is 0 Å². The second-order valence-corrected chi connectivity index (χ2v) is 19.9. The van der Waals surface area contributed by atoms with E-state index in [0.717, 1.165) is 16.5 Å². The lowest BCUT2D eigenvalue weighted by Crippen LogP contribution is -2.57. The van der Waals surface area contributed by atoms with Gasteiger partial charge in [-0.1, -0.05) is 53.7 Å². The van der Waals surface area contributed by atoms with E-state index in [0.29, 0.717) is 33.6 Å². The number of aromatic nitrogens is 3. The number of ether oxygens (including phenoxy) is 2. The molecule has 0 fully saturated rings. The number of hydrogen-bond donors (Lipinski definition) is 2. The Labute approximate surface area is 273 Å². The number of fused-ring (bicyclic) bond motifs is 1. The molecular weight excluding hydrogens is 600 g/mol. The summed E-state index contributed by atoms with van der Waals surface area (Å²) in [6.45, 7) is 21.3. The summed E-state index contributed by atoms with van der Waals surface area (Å²) in [4.78, 5) is 26.7. The molecule has 248 valence electrons. The molecule has 0 aliphatic carbocycles. The lowest BCUT2D eigenvalue weighted by molar-refractivity contribution is 0.0576. The lowest BCUT2D eigenvalue weighted by atomic mass is 10.0. The van der Waals surface area contributed by atoms with Gasteiger partial charge in [-0.2, -0.15) is 4.39 Å². The molecule has 3 aromatic heterocycles. The molecule has 0 aliphatic heterocycles. The molecule has 0 saturated heterocycles. The number of amides is 1. The van der Waals surface area contributed by atoms with Gasteiger partial charge < -0.3 is 19.6 Å². The van der Waals surface area contributed by atoms with Crippen LogP contribution < -0.4 is 14.8 Å². The largest absolute Gasteiger partial charge is 0.497 e. The van der Waals surface area contributed by atoms with E-state index in [2.05, 4.69) is 63.4 Å². The average Bonchev–Trinajstić information content (AvgIpc) is 3.40. The Bertz CT molecular complexity index is 1660. The molecule has 1 unspecified atom stereocenters. The minimum Gasteiger partial charge on any atom is -0.497 e. The first-order valence-electron chi connectivity index (χ1n) is 16.0. The van der Waals surface area contributed by atoms with Crippen molar-refractivity contribution < 1.29 is 23.8 Å². The maximum absolute atomic E-state index is 16.0. The topological polar surface area (TPSA) is 101 Å². The molecule has 4 aromatic rings. The van der Waals surface area contributed by atoms with E-state index in [-0.39, 0.29) is 17.9 Å². The van der Waals surface area contributed by atoms with Gasteiger partial charge >= 0.3 is 6.09 Å². The second kappa shape index (κ2) is 13.5. The standard InChI is InChI=1S/C36H49FN4O4Si/c1-21(2)46(22(3)4,23(5)6)32-24(7)18-38-34-30(32)28(19-39-34)31(42)27-16-17-29(40-33(27)37)41(35(43)45-36(8,9)10)20-25-12-14-26(44-11)15-13-25/h12-19,21-23,31,42H,20H2,1-11H3,(H,38,39). The van der Waals surface area contributed by atoms with Crippen LogP contribution in [0.1, 0.15) is 90.7 Å². The predicted molar refractivity (Wildman–Crippen MR) is 185 cm³/mol. The molecule has 2 N–H and O–H groups in total. The van der Waals surface area contributed by atoms with Crippen LogP contribution in [0.3, 0.4) is 0 Å². The van der Waals surface area contributed by atoms with Crippen LogP contribution >= 0.6 is 0 Å². The molecule has 4 rings (SSSR count). The molecule has 10 heteroatoms. The van der Waals surface area contributed by atoms with Crippen molar-refractivity contribution in [3.05, 3.63) is 77.0 Å². The third-order valence-electron chi connectivity index (χ3n) is 9.06. The van der Waals surface area contributed by atoms with Crippen LogP contribution in [0.15, 0.2) is 48.8 Å². The Morgan fingerprint density at radius 1 is 1.00 bits per heavy atom. The van der Waals surface area contributed by atoms with Crippen LogP contribution in [0, 0.1) is 12.9 Å². The molecule has 8 nitrogen and oxygen atoms in total. The number of nitrogens with one attached hydrogen (secondary N) is 1. The quantitative estimate of drug-likeness (QED) is 0.133. The average molecular weight is 649 g/mol. The molecule has 0 radical (unpaired) electrons. The number of nitrogens with zero attached hydrogens (tertiary/aromatic N) is 3. The Kier molecular flexibility index (Phi) is 10.3. The number of carbonyl (C=O) groups excluding carboxylic acids is 1. The SMILES string of the molecule is COc1ccc(CN(C(=O)OC(C)(C)C)c2ccc(C(O)c3c[nH]c4ncc(C)c([Si](C(C)C)(C(C)C)C(C)C)c34)c(F)n2)cc1. The number of benzene rings is 1. The number of carbonyl (C=O) groups is 1. The van der Waals surface area contributed by atoms with Crippen LogP contribution in [0.4, 0.5) is 15.0 Å². The molecule has 0 aliphatic rings. The molecule has 0 saturated carbocycles. The minimum atomic E-state index is -2.21. The number of aliphatic hydroxyl groups is 1. The number of aryl methyl sites for hydroxylation is 1. The van der Waals surface area contributed by atoms with Gasteiger partial charge in [0.1, 0.15) is 28.9 Å². The number of anilines is 1. The highest BCUT2D eigenvalue weighted by atomic mass is 28.3. The first kappa shape index (κ1) is 35.1. The molecule has 3 heterocycles. The molecule has 1 aromatic carbocycles. The van der Waals surface area contributed by atoms with Gasteiger partial charge in [0.2, 0.25) is 5.95 Å². The number of rotatable bonds is 10. The van der Waals surface area contributed by atoms with E-state index >= 15 is 4.39 Å². The van der Waals surface area contributed by atoms with Crippen LogP contribution in [0.2, 0.25) is 16.6 Å². The van der Waals surface area contributed by atoms with Crippen molar-refractivity contribution in [3.8, 4) is 5.75 Å². The first-order valence-corrected chi connectivity index (χ1v) is 18.2. The van der Waals surface area contributed by atoms with Crippen LogP contribution in [0.5, 0.6) is 5.75 Å². The molecule has 0 bridgehead atoms. The summed E-state index contributed by atoms with van der Waals surface area (Å²) in [6, 6.07) is 10.3. The zero-order chi connectivity index (χ0) is 34.1. The third kappa shape index (κ3) is 6.69. The van der Waals surface area contributed by atoms with Crippen molar-refractivity contribution >= 4 is 36.2 Å². The summed E-state index contributed by atoms with van der Waals surface area (Å²) in [5.74, 6) is -0.123. The molecule has 0 spiro atoms. The Balaban J connectivity index is 1.81. The van der Waals surface area contributed by atoms with Gasteiger partial charge in [-0.15, -0.1) is 0 Å². The van der Waals surface area contributed by atoms with Gasteiger partial charge in [0.05, 0.1) is 21.7 Å². The summed E-state index contributed by atoms with van der Waals surface area (Å²) < 4.78 is 26.9. The predicted octanol–water partition coefficient (Wildman–Crippen LogP) is 8.32. The molecule has 1 atom stereocenters. The third-order valence-corrected chi connectivity index (χ3v) is 16.3. The number of aromatic amines is 1. The number of hydrogen-bond acceptors (Lipinski definition) is 6. The fraction of sp³-hybridized carbons (Fsp3) is 0.472. The Morgan fingerprint density at radius 3 is 2.13 bits per heavy atom. The van der Waals surface area contributed by atoms with Gasteiger partial charge in [-0.25, -0.2) is 14.8 Å². The zero-order valence-electron chi connectivity index (χ0n) is 29.0. The number of aliphatic hydroxyl groups excluding tert-OH is 1. The second-order valence-electron chi connectivity index (χ2n) is 14.0. The number of H-pyrrole nitrogens is 1. The van der Waals surface area contributed by atoms with Crippen molar-refractivity contribution in [2.24, 2.45) is 0 Å². The van der Waals surface area contributed by atoms with E-state index in [1.807, 2.05) is 18.3 Å². The van der Waals surface area contributed by atoms with Crippen LogP contribution in [-0.2, 0) is 11.3 Å². The highest BCUT2D eigenvalue weighted by molar-refractivity contribution is 6.96.